The van der Waals surface area contributed by atoms with Crippen molar-refractivity contribution < 1.29 is 9.90 Å². The van der Waals surface area contributed by atoms with Gasteiger partial charge >= 0.3 is 0 Å². The summed E-state index contributed by atoms with van der Waals surface area (Å²) in [6, 6.07) is 0. The van der Waals surface area contributed by atoms with Crippen molar-refractivity contribution in [3.05, 3.63) is 11.6 Å². The van der Waals surface area contributed by atoms with Crippen LogP contribution in [0.4, 0.5) is 0 Å². The van der Waals surface area contributed by atoms with Gasteiger partial charge in [-0.25, -0.2) is 0 Å². The van der Waals surface area contributed by atoms with Crippen molar-refractivity contribution in [1.29, 1.82) is 0 Å². The van der Waals surface area contributed by atoms with E-state index in [0.717, 1.165) is 50.6 Å². The van der Waals surface area contributed by atoms with Gasteiger partial charge in [-0.15, -0.1) is 0 Å². The monoisotopic (exact) mass is 385 g/mol. The topological polar surface area (TPSA) is 40.5 Å². The van der Waals surface area contributed by atoms with E-state index in [1.165, 1.54) is 44.9 Å². The van der Waals surface area contributed by atoms with Gasteiger partial charge in [-0.05, 0) is 99.2 Å². The lowest BCUT2D eigenvalue weighted by Crippen LogP contribution is -2.52. The summed E-state index contributed by atoms with van der Waals surface area (Å²) in [5.41, 5.74) is 2.07. The van der Waals surface area contributed by atoms with E-state index in [9.17, 15) is 9.90 Å². The second kappa shape index (κ2) is 6.86. The van der Waals surface area contributed by atoms with Crippen LogP contribution in [0, 0.1) is 34.5 Å². The van der Waals surface area contributed by atoms with Gasteiger partial charge in [0, 0.05) is 19.0 Å². The number of nitrogens with zero attached hydrogens (tertiary/aromatic N) is 1. The van der Waals surface area contributed by atoms with Gasteiger partial charge in [0.05, 0.1) is 6.10 Å². The van der Waals surface area contributed by atoms with Crippen LogP contribution in [-0.4, -0.2) is 35.1 Å². The van der Waals surface area contributed by atoms with Crippen molar-refractivity contribution in [2.75, 3.05) is 13.1 Å². The summed E-state index contributed by atoms with van der Waals surface area (Å²) in [7, 11) is 0. The molecule has 156 valence electrons. The second-order valence-corrected chi connectivity index (χ2v) is 11.2. The van der Waals surface area contributed by atoms with Crippen LogP contribution in [0.5, 0.6) is 0 Å². The van der Waals surface area contributed by atoms with Crippen molar-refractivity contribution in [3.8, 4) is 0 Å². The minimum absolute atomic E-state index is 0.122. The highest BCUT2D eigenvalue weighted by Crippen LogP contribution is 2.66. The number of likely N-dealkylation sites (tertiary alicyclic amines) is 1. The van der Waals surface area contributed by atoms with E-state index < -0.39 is 0 Å². The fourth-order valence-corrected chi connectivity index (χ4v) is 8.38. The highest BCUT2D eigenvalue weighted by atomic mass is 16.3. The molecule has 4 aliphatic carbocycles. The maximum atomic E-state index is 13.4. The molecular formula is C25H39NO2. The predicted octanol–water partition coefficient (Wildman–Crippen LogP) is 4.94. The predicted molar refractivity (Wildman–Crippen MR) is 112 cm³/mol. The summed E-state index contributed by atoms with van der Waals surface area (Å²) in [6.45, 7) is 6.96. The molecule has 28 heavy (non-hydrogen) atoms. The molecule has 1 amide bonds. The van der Waals surface area contributed by atoms with Crippen molar-refractivity contribution in [2.24, 2.45) is 34.5 Å². The maximum Gasteiger partial charge on any atom is 0.226 e. The van der Waals surface area contributed by atoms with E-state index >= 15 is 0 Å². The highest BCUT2D eigenvalue weighted by Gasteiger charge is 2.60. The smallest absolute Gasteiger partial charge is 0.226 e. The number of amides is 1. The number of rotatable bonds is 1. The third-order valence-corrected chi connectivity index (χ3v) is 10.0. The number of hydrogen-bond donors (Lipinski definition) is 1. The lowest BCUT2D eigenvalue weighted by Gasteiger charge is -2.58. The average Bonchev–Trinajstić information content (AvgIpc) is 3.06. The zero-order valence-corrected chi connectivity index (χ0v) is 18.0. The highest BCUT2D eigenvalue weighted by molar-refractivity contribution is 5.80. The lowest BCUT2D eigenvalue weighted by molar-refractivity contribution is -0.143. The summed E-state index contributed by atoms with van der Waals surface area (Å²) < 4.78 is 0. The average molecular weight is 386 g/mol. The zero-order chi connectivity index (χ0) is 19.5. The first-order valence-electron chi connectivity index (χ1n) is 12.1. The Hall–Kier alpha value is -0.830. The SMILES string of the molecule is C[C@]12CC[C@H]3[C@@H](CC=C4C[C@@H](O)CC[C@@]43C)[C@@H]1CC[C@@H]2C(=O)N1CCCCC1. The first-order valence-corrected chi connectivity index (χ1v) is 12.1. The molecule has 3 heteroatoms. The van der Waals surface area contributed by atoms with Crippen LogP contribution >= 0.6 is 0 Å². The van der Waals surface area contributed by atoms with E-state index in [-0.39, 0.29) is 17.4 Å². The molecule has 3 nitrogen and oxygen atoms in total. The van der Waals surface area contributed by atoms with E-state index in [1.54, 1.807) is 5.57 Å². The zero-order valence-electron chi connectivity index (χ0n) is 18.0. The molecule has 0 spiro atoms. The van der Waals surface area contributed by atoms with Gasteiger partial charge in [-0.2, -0.15) is 0 Å². The third kappa shape index (κ3) is 2.75. The Bertz CT molecular complexity index is 665. The Morgan fingerprint density at radius 3 is 2.61 bits per heavy atom. The van der Waals surface area contributed by atoms with Crippen LogP contribution in [0.1, 0.15) is 84.5 Å². The molecule has 0 aromatic heterocycles. The Morgan fingerprint density at radius 2 is 1.82 bits per heavy atom. The lowest BCUT2D eigenvalue weighted by atomic mass is 9.47. The van der Waals surface area contributed by atoms with Crippen molar-refractivity contribution in [1.82, 2.24) is 4.90 Å². The molecule has 1 heterocycles. The van der Waals surface area contributed by atoms with Crippen molar-refractivity contribution in [3.63, 3.8) is 0 Å². The molecule has 7 atom stereocenters. The van der Waals surface area contributed by atoms with Crippen LogP contribution in [0.15, 0.2) is 11.6 Å². The Morgan fingerprint density at radius 1 is 1.04 bits per heavy atom. The number of fused-ring (bicyclic) bond motifs is 5. The molecule has 4 fully saturated rings. The molecule has 3 saturated carbocycles. The molecule has 0 bridgehead atoms. The van der Waals surface area contributed by atoms with Gasteiger partial charge in [-0.1, -0.05) is 25.5 Å². The largest absolute Gasteiger partial charge is 0.393 e. The molecule has 1 aliphatic heterocycles. The molecule has 5 rings (SSSR count). The standard InChI is InChI=1S/C25H39NO2/c1-24-12-10-18(27)16-17(24)6-7-19-20-8-9-22(25(20,2)13-11-21(19)24)23(28)26-14-4-3-5-15-26/h6,18-22,27H,3-5,7-16H2,1-2H3/t18-,19-,20-,21-,22+,24-,25-/m0/s1. The number of aliphatic hydroxyl groups is 1. The van der Waals surface area contributed by atoms with E-state index in [0.29, 0.717) is 17.2 Å². The van der Waals surface area contributed by atoms with Gasteiger partial charge in [-0.3, -0.25) is 4.79 Å². The summed E-state index contributed by atoms with van der Waals surface area (Å²) in [5, 5.41) is 10.2. The number of carbonyl (C=O) groups is 1. The maximum absolute atomic E-state index is 13.4. The minimum atomic E-state index is -0.122. The molecule has 0 unspecified atom stereocenters. The van der Waals surface area contributed by atoms with Crippen molar-refractivity contribution >= 4 is 5.91 Å². The summed E-state index contributed by atoms with van der Waals surface area (Å²) in [5.74, 6) is 2.99. The number of allylic oxidation sites excluding steroid dienone is 1. The van der Waals surface area contributed by atoms with Gasteiger partial charge < -0.3 is 10.0 Å². The van der Waals surface area contributed by atoms with Crippen molar-refractivity contribution in [2.45, 2.75) is 90.6 Å². The molecule has 5 aliphatic rings. The summed E-state index contributed by atoms with van der Waals surface area (Å²) in [4.78, 5) is 15.6. The number of carbonyl (C=O) groups excluding carboxylic acids is 1. The molecular weight excluding hydrogens is 346 g/mol. The first kappa shape index (κ1) is 19.2. The number of piperidine rings is 1. The van der Waals surface area contributed by atoms with E-state index in [4.69, 9.17) is 0 Å². The third-order valence-electron chi connectivity index (χ3n) is 10.0. The molecule has 1 N–H and O–H groups in total. The van der Waals surface area contributed by atoms with Gasteiger partial charge in [0.2, 0.25) is 5.91 Å². The summed E-state index contributed by atoms with van der Waals surface area (Å²) in [6.07, 6.45) is 15.2. The fourth-order valence-electron chi connectivity index (χ4n) is 8.38. The van der Waals surface area contributed by atoms with Crippen LogP contribution in [0.25, 0.3) is 0 Å². The molecule has 1 saturated heterocycles. The van der Waals surface area contributed by atoms with E-state index in [2.05, 4.69) is 24.8 Å². The molecule has 0 radical (unpaired) electrons. The van der Waals surface area contributed by atoms with Crippen LogP contribution < -0.4 is 0 Å². The van der Waals surface area contributed by atoms with E-state index in [1.807, 2.05) is 0 Å². The van der Waals surface area contributed by atoms with Gasteiger partial charge in [0.25, 0.3) is 0 Å². The number of aliphatic hydroxyl groups excluding tert-OH is 1. The van der Waals surface area contributed by atoms with Gasteiger partial charge in [0.1, 0.15) is 0 Å². The Labute approximate surface area is 170 Å². The normalized spacial score (nSPS) is 48.3. The van der Waals surface area contributed by atoms with Crippen LogP contribution in [0.2, 0.25) is 0 Å². The first-order chi connectivity index (χ1) is 13.4. The Balaban J connectivity index is 1.39. The Kier molecular flexibility index (Phi) is 4.69. The minimum Gasteiger partial charge on any atom is -0.393 e. The summed E-state index contributed by atoms with van der Waals surface area (Å²) >= 11 is 0. The number of hydrogen-bond acceptors (Lipinski definition) is 2. The fraction of sp³-hybridized carbons (Fsp3) is 0.880. The molecule has 0 aromatic rings. The van der Waals surface area contributed by atoms with Gasteiger partial charge in [0.15, 0.2) is 0 Å². The van der Waals surface area contributed by atoms with Crippen LogP contribution in [-0.2, 0) is 4.79 Å². The molecule has 0 aromatic carbocycles. The quantitative estimate of drug-likeness (QED) is 0.650. The van der Waals surface area contributed by atoms with Crippen LogP contribution in [0.3, 0.4) is 0 Å². The second-order valence-electron chi connectivity index (χ2n) is 11.2.